The second-order valence-corrected chi connectivity index (χ2v) is 5.39. The van der Waals surface area contributed by atoms with Crippen LogP contribution in [0.4, 0.5) is 0 Å². The van der Waals surface area contributed by atoms with Crippen molar-refractivity contribution >= 4 is 11.6 Å². The molecule has 3 rings (SSSR count). The van der Waals surface area contributed by atoms with Crippen LogP contribution in [0.1, 0.15) is 24.1 Å². The van der Waals surface area contributed by atoms with Crippen LogP contribution in [-0.4, -0.2) is 11.0 Å². The molecule has 4 heteroatoms. The minimum atomic E-state index is 0.456. The Morgan fingerprint density at radius 3 is 2.85 bits per heavy atom. The first kappa shape index (κ1) is 13.4. The van der Waals surface area contributed by atoms with Gasteiger partial charge in [-0.15, -0.1) is 0 Å². The van der Waals surface area contributed by atoms with E-state index >= 15 is 0 Å². The lowest BCUT2D eigenvalue weighted by atomic mass is 10.2. The maximum absolute atomic E-state index is 6.28. The first-order valence-electron chi connectivity index (χ1n) is 6.86. The molecule has 0 radical (unpaired) electrons. The smallest absolute Gasteiger partial charge is 0.130 e. The molecule has 0 atom stereocenters. The van der Waals surface area contributed by atoms with E-state index in [9.17, 15) is 0 Å². The molecule has 1 aromatic carbocycles. The summed E-state index contributed by atoms with van der Waals surface area (Å²) < 4.78 is 5.87. The molecule has 3 nitrogen and oxygen atoms in total. The summed E-state index contributed by atoms with van der Waals surface area (Å²) in [5.41, 5.74) is 1.94. The fourth-order valence-corrected chi connectivity index (χ4v) is 2.25. The molecule has 0 saturated heterocycles. The van der Waals surface area contributed by atoms with Crippen LogP contribution < -0.4 is 10.1 Å². The Labute approximate surface area is 123 Å². The van der Waals surface area contributed by atoms with Crippen molar-refractivity contribution in [2.45, 2.75) is 32.0 Å². The molecule has 0 bridgehead atoms. The van der Waals surface area contributed by atoms with Crippen molar-refractivity contribution in [2.75, 3.05) is 0 Å². The lowest BCUT2D eigenvalue weighted by Gasteiger charge is -2.13. The summed E-state index contributed by atoms with van der Waals surface area (Å²) in [5.74, 6) is 0.830. The van der Waals surface area contributed by atoms with Crippen LogP contribution in [0, 0.1) is 0 Å². The van der Waals surface area contributed by atoms with Gasteiger partial charge >= 0.3 is 0 Å². The highest BCUT2D eigenvalue weighted by molar-refractivity contribution is 6.31. The quantitative estimate of drug-likeness (QED) is 0.882. The Morgan fingerprint density at radius 1 is 1.20 bits per heavy atom. The van der Waals surface area contributed by atoms with Gasteiger partial charge in [0.25, 0.3) is 0 Å². The van der Waals surface area contributed by atoms with Crippen molar-refractivity contribution in [1.29, 1.82) is 0 Å². The van der Waals surface area contributed by atoms with Gasteiger partial charge in [0.05, 0.1) is 5.69 Å². The zero-order valence-electron chi connectivity index (χ0n) is 11.2. The van der Waals surface area contributed by atoms with Crippen LogP contribution in [0.5, 0.6) is 5.75 Å². The Hall–Kier alpha value is -1.58. The van der Waals surface area contributed by atoms with Gasteiger partial charge < -0.3 is 10.1 Å². The van der Waals surface area contributed by atoms with Crippen molar-refractivity contribution in [1.82, 2.24) is 10.3 Å². The third-order valence-electron chi connectivity index (χ3n) is 3.32. The molecule has 1 aromatic heterocycles. The van der Waals surface area contributed by atoms with Crippen molar-refractivity contribution in [3.8, 4) is 5.75 Å². The van der Waals surface area contributed by atoms with Gasteiger partial charge in [0.1, 0.15) is 12.4 Å². The van der Waals surface area contributed by atoms with Gasteiger partial charge in [0.2, 0.25) is 0 Å². The standard InChI is InChI=1S/C16H17ClN2O/c17-15-5-3-6-16(14(15)10-19-12-7-8-12)20-11-13-4-1-2-9-18-13/h1-6,9,12,19H,7-8,10-11H2. The van der Waals surface area contributed by atoms with E-state index in [4.69, 9.17) is 16.3 Å². The normalized spacial score (nSPS) is 14.2. The van der Waals surface area contributed by atoms with Gasteiger partial charge in [0.15, 0.2) is 0 Å². The largest absolute Gasteiger partial charge is 0.487 e. The third-order valence-corrected chi connectivity index (χ3v) is 3.68. The van der Waals surface area contributed by atoms with E-state index in [2.05, 4.69) is 10.3 Å². The van der Waals surface area contributed by atoms with E-state index in [1.54, 1.807) is 6.20 Å². The summed E-state index contributed by atoms with van der Waals surface area (Å²) in [5, 5.41) is 4.22. The molecule has 1 saturated carbocycles. The maximum atomic E-state index is 6.28. The highest BCUT2D eigenvalue weighted by Gasteiger charge is 2.21. The fraction of sp³-hybridized carbons (Fsp3) is 0.312. The second kappa shape index (κ2) is 6.25. The summed E-state index contributed by atoms with van der Waals surface area (Å²) in [4.78, 5) is 4.26. The first-order chi connectivity index (χ1) is 9.83. The van der Waals surface area contributed by atoms with Gasteiger partial charge in [-0.3, -0.25) is 4.98 Å². The molecule has 0 aliphatic heterocycles. The Kier molecular flexibility index (Phi) is 4.19. The van der Waals surface area contributed by atoms with Gasteiger partial charge in [0, 0.05) is 29.4 Å². The molecule has 104 valence electrons. The predicted octanol–water partition coefficient (Wildman–Crippen LogP) is 3.57. The fourth-order valence-electron chi connectivity index (χ4n) is 2.01. The van der Waals surface area contributed by atoms with E-state index in [0.717, 1.165) is 28.6 Å². The minimum absolute atomic E-state index is 0.456. The number of rotatable bonds is 6. The van der Waals surface area contributed by atoms with Crippen molar-refractivity contribution < 1.29 is 4.74 Å². The topological polar surface area (TPSA) is 34.1 Å². The van der Waals surface area contributed by atoms with Crippen molar-refractivity contribution in [3.63, 3.8) is 0 Å². The zero-order valence-corrected chi connectivity index (χ0v) is 11.9. The number of nitrogens with zero attached hydrogens (tertiary/aromatic N) is 1. The first-order valence-corrected chi connectivity index (χ1v) is 7.24. The van der Waals surface area contributed by atoms with E-state index in [-0.39, 0.29) is 0 Å². The highest BCUT2D eigenvalue weighted by Crippen LogP contribution is 2.28. The van der Waals surface area contributed by atoms with Crippen LogP contribution in [0.15, 0.2) is 42.6 Å². The number of aromatic nitrogens is 1. The average Bonchev–Trinajstić information content (AvgIpc) is 3.29. The maximum Gasteiger partial charge on any atom is 0.130 e. The molecule has 0 unspecified atom stereocenters. The van der Waals surface area contributed by atoms with Crippen LogP contribution in [0.3, 0.4) is 0 Å². The van der Waals surface area contributed by atoms with Gasteiger partial charge in [-0.1, -0.05) is 23.7 Å². The van der Waals surface area contributed by atoms with Crippen LogP contribution in [0.2, 0.25) is 5.02 Å². The number of benzene rings is 1. The molecular weight excluding hydrogens is 272 g/mol. The summed E-state index contributed by atoms with van der Waals surface area (Å²) in [6.07, 6.45) is 4.29. The molecule has 1 aliphatic carbocycles. The predicted molar refractivity (Wildman–Crippen MR) is 79.9 cm³/mol. The van der Waals surface area contributed by atoms with Crippen LogP contribution in [0.25, 0.3) is 0 Å². The SMILES string of the molecule is Clc1cccc(OCc2ccccn2)c1CNC1CC1. The Balaban J connectivity index is 1.69. The minimum Gasteiger partial charge on any atom is -0.487 e. The highest BCUT2D eigenvalue weighted by atomic mass is 35.5. The number of hydrogen-bond acceptors (Lipinski definition) is 3. The molecule has 2 aromatic rings. The van der Waals surface area contributed by atoms with Crippen LogP contribution in [-0.2, 0) is 13.2 Å². The summed E-state index contributed by atoms with van der Waals surface area (Å²) in [6, 6.07) is 12.2. The lowest BCUT2D eigenvalue weighted by Crippen LogP contribution is -2.16. The molecule has 1 aliphatic rings. The second-order valence-electron chi connectivity index (χ2n) is 4.98. The van der Waals surface area contributed by atoms with E-state index in [1.165, 1.54) is 12.8 Å². The number of pyridine rings is 1. The average molecular weight is 289 g/mol. The summed E-state index contributed by atoms with van der Waals surface area (Å²) in [6.45, 7) is 1.21. The van der Waals surface area contributed by atoms with E-state index in [1.807, 2.05) is 36.4 Å². The molecule has 20 heavy (non-hydrogen) atoms. The lowest BCUT2D eigenvalue weighted by molar-refractivity contribution is 0.297. The molecule has 0 spiro atoms. The third kappa shape index (κ3) is 3.50. The molecule has 1 fully saturated rings. The number of nitrogens with one attached hydrogen (secondary N) is 1. The molecule has 0 amide bonds. The van der Waals surface area contributed by atoms with Crippen molar-refractivity contribution in [3.05, 3.63) is 58.9 Å². The van der Waals surface area contributed by atoms with Crippen LogP contribution >= 0.6 is 11.6 Å². The van der Waals surface area contributed by atoms with E-state index < -0.39 is 0 Å². The monoisotopic (exact) mass is 288 g/mol. The van der Waals surface area contributed by atoms with E-state index in [0.29, 0.717) is 12.6 Å². The van der Waals surface area contributed by atoms with Gasteiger partial charge in [-0.05, 0) is 37.1 Å². The van der Waals surface area contributed by atoms with Gasteiger partial charge in [-0.2, -0.15) is 0 Å². The summed E-state index contributed by atoms with van der Waals surface area (Å²) >= 11 is 6.28. The van der Waals surface area contributed by atoms with Gasteiger partial charge in [-0.25, -0.2) is 0 Å². The van der Waals surface area contributed by atoms with Crippen molar-refractivity contribution in [2.24, 2.45) is 0 Å². The number of ether oxygens (including phenoxy) is 1. The summed E-state index contributed by atoms with van der Waals surface area (Å²) in [7, 11) is 0. The molecule has 1 heterocycles. The molecule has 1 N–H and O–H groups in total. The zero-order chi connectivity index (χ0) is 13.8. The number of halogens is 1. The Bertz CT molecular complexity index is 570. The Morgan fingerprint density at radius 2 is 2.10 bits per heavy atom. The molecular formula is C16H17ClN2O. The number of hydrogen-bond donors (Lipinski definition) is 1.